The van der Waals surface area contributed by atoms with Gasteiger partial charge in [-0.1, -0.05) is 24.3 Å². The normalized spacial score (nSPS) is 11.4. The molecule has 0 saturated heterocycles. The fourth-order valence-electron chi connectivity index (χ4n) is 3.70. The number of benzene rings is 2. The van der Waals surface area contributed by atoms with Gasteiger partial charge in [-0.05, 0) is 54.6 Å². The van der Waals surface area contributed by atoms with E-state index in [1.54, 1.807) is 61.8 Å². The Labute approximate surface area is 197 Å². The summed E-state index contributed by atoms with van der Waals surface area (Å²) in [6.07, 6.45) is 3.09. The number of aromatic nitrogens is 2. The lowest BCUT2D eigenvalue weighted by Gasteiger charge is -2.13. The molecule has 0 aliphatic carbocycles. The van der Waals surface area contributed by atoms with Gasteiger partial charge in [0.1, 0.15) is 5.82 Å². The first-order valence-electron chi connectivity index (χ1n) is 10.4. The van der Waals surface area contributed by atoms with E-state index in [0.29, 0.717) is 34.9 Å². The first-order valence-corrected chi connectivity index (χ1v) is 11.9. The second kappa shape index (κ2) is 9.66. The maximum absolute atomic E-state index is 14.6. The van der Waals surface area contributed by atoms with Gasteiger partial charge in [-0.15, -0.1) is 0 Å². The second-order valence-corrected chi connectivity index (χ2v) is 9.32. The summed E-state index contributed by atoms with van der Waals surface area (Å²) in [7, 11) is 0.708. The monoisotopic (exact) mass is 481 g/mol. The Balaban J connectivity index is 1.83. The number of hydrogen-bond donors (Lipinski definition) is 1. The highest BCUT2D eigenvalue weighted by Gasteiger charge is 2.24. The number of pyridine rings is 1. The van der Waals surface area contributed by atoms with E-state index in [1.807, 2.05) is 0 Å². The highest BCUT2D eigenvalue weighted by molar-refractivity contribution is 7.90. The molecule has 4 aromatic rings. The molecule has 176 valence electrons. The summed E-state index contributed by atoms with van der Waals surface area (Å²) >= 11 is 0. The summed E-state index contributed by atoms with van der Waals surface area (Å²) in [6.45, 7) is 0.432. The first kappa shape index (κ1) is 23.5. The van der Waals surface area contributed by atoms with Gasteiger partial charge in [-0.25, -0.2) is 21.8 Å². The minimum absolute atomic E-state index is 0.0592. The highest BCUT2D eigenvalue weighted by atomic mass is 32.2. The minimum atomic E-state index is -4.05. The van der Waals surface area contributed by atoms with Crippen molar-refractivity contribution in [3.05, 3.63) is 84.4 Å². The molecule has 0 unspecified atom stereocenters. The molecule has 34 heavy (non-hydrogen) atoms. The van der Waals surface area contributed by atoms with Crippen LogP contribution in [0.5, 0.6) is 11.6 Å². The van der Waals surface area contributed by atoms with Gasteiger partial charge in [0.15, 0.2) is 5.75 Å². The smallest absolute Gasteiger partial charge is 0.268 e. The first-order chi connectivity index (χ1) is 16.4. The van der Waals surface area contributed by atoms with Crippen molar-refractivity contribution in [3.63, 3.8) is 0 Å². The van der Waals surface area contributed by atoms with Crippen molar-refractivity contribution < 1.29 is 22.3 Å². The largest absolute Gasteiger partial charge is 0.491 e. The van der Waals surface area contributed by atoms with Gasteiger partial charge in [-0.2, -0.15) is 0 Å². The molecule has 0 radical (unpaired) electrons. The lowest BCUT2D eigenvalue weighted by atomic mass is 10.1. The molecule has 0 fully saturated rings. The van der Waals surface area contributed by atoms with Crippen LogP contribution in [0.15, 0.2) is 78.0 Å². The Bertz CT molecular complexity index is 1430. The number of methoxy groups -OCH3 is 2. The Morgan fingerprint density at radius 3 is 2.50 bits per heavy atom. The molecule has 0 atom stereocenters. The lowest BCUT2D eigenvalue weighted by Crippen LogP contribution is -2.14. The van der Waals surface area contributed by atoms with Crippen LogP contribution >= 0.6 is 0 Å². The van der Waals surface area contributed by atoms with Crippen molar-refractivity contribution >= 4 is 10.0 Å². The van der Waals surface area contributed by atoms with E-state index >= 15 is 0 Å². The summed E-state index contributed by atoms with van der Waals surface area (Å²) in [6, 6.07) is 16.0. The zero-order chi connectivity index (χ0) is 24.3. The van der Waals surface area contributed by atoms with E-state index in [9.17, 15) is 12.8 Å². The summed E-state index contributed by atoms with van der Waals surface area (Å²) in [5.74, 6) is 0.254. The lowest BCUT2D eigenvalue weighted by molar-refractivity contribution is 0.343. The van der Waals surface area contributed by atoms with Crippen LogP contribution in [0.2, 0.25) is 0 Å². The maximum Gasteiger partial charge on any atom is 0.268 e. The molecule has 9 heteroatoms. The topological polar surface area (TPSA) is 82.5 Å². The van der Waals surface area contributed by atoms with Crippen molar-refractivity contribution in [2.45, 2.75) is 11.4 Å². The molecule has 1 N–H and O–H groups in total. The van der Waals surface area contributed by atoms with Crippen LogP contribution in [0, 0.1) is 5.82 Å². The molecular weight excluding hydrogens is 457 g/mol. The number of hydrogen-bond acceptors (Lipinski definition) is 6. The van der Waals surface area contributed by atoms with Crippen LogP contribution in [0.4, 0.5) is 4.39 Å². The fourth-order valence-corrected chi connectivity index (χ4v) is 5.14. The van der Waals surface area contributed by atoms with Crippen LogP contribution < -0.4 is 14.8 Å². The number of nitrogens with one attached hydrogen (secondary N) is 1. The Kier molecular flexibility index (Phi) is 6.67. The third-order valence-corrected chi connectivity index (χ3v) is 7.00. The van der Waals surface area contributed by atoms with Gasteiger partial charge in [0.25, 0.3) is 15.9 Å². The Morgan fingerprint density at radius 1 is 1.00 bits per heavy atom. The van der Waals surface area contributed by atoms with Crippen LogP contribution in [-0.2, 0) is 16.6 Å². The van der Waals surface area contributed by atoms with E-state index < -0.39 is 15.8 Å². The fraction of sp³-hybridized carbons (Fsp3) is 0.160. The predicted octanol–water partition coefficient (Wildman–Crippen LogP) is 4.33. The van der Waals surface area contributed by atoms with Gasteiger partial charge in [0.05, 0.1) is 24.8 Å². The van der Waals surface area contributed by atoms with Crippen LogP contribution in [-0.4, -0.2) is 38.6 Å². The minimum Gasteiger partial charge on any atom is -0.491 e. The molecular formula is C25H24FN3O4S. The molecule has 0 spiro atoms. The predicted molar refractivity (Wildman–Crippen MR) is 128 cm³/mol. The summed E-state index contributed by atoms with van der Waals surface area (Å²) in [5.41, 5.74) is 2.46. The molecule has 4 rings (SSSR count). The molecule has 2 aromatic heterocycles. The van der Waals surface area contributed by atoms with Crippen LogP contribution in [0.1, 0.15) is 5.56 Å². The molecule has 0 bridgehead atoms. The van der Waals surface area contributed by atoms with Gasteiger partial charge in [-0.3, -0.25) is 0 Å². The van der Waals surface area contributed by atoms with Crippen molar-refractivity contribution in [3.8, 4) is 34.0 Å². The third kappa shape index (κ3) is 4.40. The van der Waals surface area contributed by atoms with Crippen molar-refractivity contribution in [1.29, 1.82) is 0 Å². The zero-order valence-electron chi connectivity index (χ0n) is 18.9. The second-order valence-electron chi connectivity index (χ2n) is 7.51. The number of nitrogens with zero attached hydrogens (tertiary/aromatic N) is 2. The van der Waals surface area contributed by atoms with Crippen molar-refractivity contribution in [2.24, 2.45) is 0 Å². The standard InChI is InChI=1S/C25H24FN3O4S/c1-27-14-17-11-23(21-9-4-5-10-22(21)26)29(16-17)34(30,31)20-8-6-7-18(12-20)19-13-24(32-2)25(33-3)28-15-19/h4-13,15-16,27H,14H2,1-3H3. The van der Waals surface area contributed by atoms with E-state index in [4.69, 9.17) is 9.47 Å². The van der Waals surface area contributed by atoms with Gasteiger partial charge in [0.2, 0.25) is 0 Å². The molecule has 2 heterocycles. The average Bonchev–Trinajstić information content (AvgIpc) is 3.28. The maximum atomic E-state index is 14.6. The molecule has 0 aliphatic heterocycles. The van der Waals surface area contributed by atoms with E-state index in [1.165, 1.54) is 32.5 Å². The molecule has 0 aliphatic rings. The van der Waals surface area contributed by atoms with E-state index in [0.717, 1.165) is 3.97 Å². The average molecular weight is 482 g/mol. The molecule has 0 saturated carbocycles. The summed E-state index contributed by atoms with van der Waals surface area (Å²) in [5, 5.41) is 3.00. The van der Waals surface area contributed by atoms with Crippen LogP contribution in [0.3, 0.4) is 0 Å². The molecule has 7 nitrogen and oxygen atoms in total. The van der Waals surface area contributed by atoms with Crippen molar-refractivity contribution in [2.75, 3.05) is 21.3 Å². The van der Waals surface area contributed by atoms with Crippen molar-refractivity contribution in [1.82, 2.24) is 14.3 Å². The molecule has 2 aromatic carbocycles. The third-order valence-electron chi connectivity index (χ3n) is 5.33. The SMILES string of the molecule is CNCc1cc(-c2ccccc2F)n(S(=O)(=O)c2cccc(-c3cnc(OC)c(OC)c3)c2)c1. The van der Waals surface area contributed by atoms with Gasteiger partial charge < -0.3 is 14.8 Å². The Hall–Kier alpha value is -3.69. The number of ether oxygens (including phenoxy) is 2. The van der Waals surface area contributed by atoms with Gasteiger partial charge >= 0.3 is 0 Å². The zero-order valence-corrected chi connectivity index (χ0v) is 19.8. The van der Waals surface area contributed by atoms with Gasteiger partial charge in [0, 0.05) is 30.1 Å². The van der Waals surface area contributed by atoms with E-state index in [2.05, 4.69) is 10.3 Å². The van der Waals surface area contributed by atoms with Crippen LogP contribution in [0.25, 0.3) is 22.4 Å². The summed E-state index contributed by atoms with van der Waals surface area (Å²) in [4.78, 5) is 4.29. The van der Waals surface area contributed by atoms with E-state index in [-0.39, 0.29) is 16.2 Å². The summed E-state index contributed by atoms with van der Waals surface area (Å²) < 4.78 is 53.7. The molecule has 0 amide bonds. The quantitative estimate of drug-likeness (QED) is 0.403. The Morgan fingerprint density at radius 2 is 1.79 bits per heavy atom. The highest BCUT2D eigenvalue weighted by Crippen LogP contribution is 2.33. The number of halogens is 1. The number of rotatable bonds is 8.